The Labute approximate surface area is 178 Å². The molecule has 3 aromatic carbocycles. The Morgan fingerprint density at radius 1 is 0.800 bits per heavy atom. The number of carbonyl (C=O) groups excluding carboxylic acids is 1. The fourth-order valence-electron chi connectivity index (χ4n) is 3.73. The lowest BCUT2D eigenvalue weighted by molar-refractivity contribution is -0.120. The fourth-order valence-corrected chi connectivity index (χ4v) is 3.73. The van der Waals surface area contributed by atoms with E-state index in [9.17, 15) is 4.79 Å². The summed E-state index contributed by atoms with van der Waals surface area (Å²) in [6.45, 7) is 4.13. The van der Waals surface area contributed by atoms with Crippen molar-refractivity contribution in [3.63, 3.8) is 0 Å². The minimum atomic E-state index is 0.0624. The number of hydrogen-bond acceptors (Lipinski definition) is 3. The minimum Gasteiger partial charge on any atom is -0.378 e. The molecule has 0 radical (unpaired) electrons. The van der Waals surface area contributed by atoms with E-state index in [1.807, 2.05) is 30.3 Å². The average Bonchev–Trinajstić information content (AvgIpc) is 2.81. The van der Waals surface area contributed by atoms with E-state index in [4.69, 9.17) is 4.74 Å². The molecule has 4 heteroatoms. The van der Waals surface area contributed by atoms with E-state index in [-0.39, 0.29) is 5.91 Å². The Bertz CT molecular complexity index is 931. The van der Waals surface area contributed by atoms with Crippen LogP contribution in [0, 0.1) is 0 Å². The Hall–Kier alpha value is -3.11. The zero-order valence-electron chi connectivity index (χ0n) is 17.2. The molecule has 1 saturated heterocycles. The second-order valence-electron chi connectivity index (χ2n) is 7.61. The zero-order chi connectivity index (χ0) is 20.6. The van der Waals surface area contributed by atoms with Crippen LogP contribution in [0.1, 0.15) is 11.1 Å². The Morgan fingerprint density at radius 2 is 1.43 bits per heavy atom. The third-order valence-corrected chi connectivity index (χ3v) is 5.47. The van der Waals surface area contributed by atoms with Crippen LogP contribution < -0.4 is 10.2 Å². The van der Waals surface area contributed by atoms with E-state index < -0.39 is 0 Å². The second-order valence-corrected chi connectivity index (χ2v) is 7.61. The van der Waals surface area contributed by atoms with Gasteiger partial charge in [0, 0.05) is 25.3 Å². The molecule has 0 aromatic heterocycles. The maximum atomic E-state index is 12.3. The topological polar surface area (TPSA) is 41.6 Å². The maximum absolute atomic E-state index is 12.3. The highest BCUT2D eigenvalue weighted by atomic mass is 16.5. The van der Waals surface area contributed by atoms with Gasteiger partial charge in [0.15, 0.2) is 0 Å². The number of anilines is 1. The van der Waals surface area contributed by atoms with Crippen molar-refractivity contribution < 1.29 is 9.53 Å². The lowest BCUT2D eigenvalue weighted by Crippen LogP contribution is -2.36. The van der Waals surface area contributed by atoms with Crippen LogP contribution in [0.5, 0.6) is 0 Å². The summed E-state index contributed by atoms with van der Waals surface area (Å²) in [6.07, 6.45) is 1.24. The van der Waals surface area contributed by atoms with Gasteiger partial charge in [0.25, 0.3) is 0 Å². The van der Waals surface area contributed by atoms with Crippen molar-refractivity contribution >= 4 is 11.6 Å². The van der Waals surface area contributed by atoms with Gasteiger partial charge in [-0.05, 0) is 40.8 Å². The normalized spacial score (nSPS) is 13.8. The van der Waals surface area contributed by atoms with Gasteiger partial charge in [-0.25, -0.2) is 0 Å². The van der Waals surface area contributed by atoms with Crippen LogP contribution in [-0.2, 0) is 22.4 Å². The summed E-state index contributed by atoms with van der Waals surface area (Å²) in [4.78, 5) is 14.6. The van der Waals surface area contributed by atoms with Gasteiger partial charge >= 0.3 is 0 Å². The third-order valence-electron chi connectivity index (χ3n) is 5.47. The molecule has 0 spiro atoms. The van der Waals surface area contributed by atoms with Crippen LogP contribution in [0.25, 0.3) is 11.1 Å². The van der Waals surface area contributed by atoms with Crippen LogP contribution in [0.2, 0.25) is 0 Å². The SMILES string of the molecule is O=C(Cc1ccc(-c2ccccc2)cc1)NCCc1ccc(N2CCOCC2)cc1. The van der Waals surface area contributed by atoms with Gasteiger partial charge in [0.2, 0.25) is 5.91 Å². The summed E-state index contributed by atoms with van der Waals surface area (Å²) < 4.78 is 5.41. The molecule has 1 aliphatic heterocycles. The molecule has 1 heterocycles. The van der Waals surface area contributed by atoms with Crippen molar-refractivity contribution in [3.05, 3.63) is 90.0 Å². The van der Waals surface area contributed by atoms with Crippen molar-refractivity contribution in [1.82, 2.24) is 5.32 Å². The number of morpholine rings is 1. The minimum absolute atomic E-state index is 0.0624. The molecule has 1 N–H and O–H groups in total. The molecular formula is C26H28N2O2. The molecule has 154 valence electrons. The lowest BCUT2D eigenvalue weighted by Gasteiger charge is -2.28. The van der Waals surface area contributed by atoms with Gasteiger partial charge in [-0.1, -0.05) is 66.7 Å². The van der Waals surface area contributed by atoms with Crippen LogP contribution in [0.15, 0.2) is 78.9 Å². The molecule has 0 unspecified atom stereocenters. The van der Waals surface area contributed by atoms with Gasteiger partial charge in [0.05, 0.1) is 19.6 Å². The number of benzene rings is 3. The van der Waals surface area contributed by atoms with Gasteiger partial charge in [-0.2, -0.15) is 0 Å². The van der Waals surface area contributed by atoms with Crippen LogP contribution >= 0.6 is 0 Å². The summed E-state index contributed by atoms with van der Waals surface area (Å²) in [7, 11) is 0. The molecule has 0 saturated carbocycles. The number of rotatable bonds is 7. The van der Waals surface area contributed by atoms with E-state index in [1.165, 1.54) is 22.4 Å². The first-order chi connectivity index (χ1) is 14.8. The summed E-state index contributed by atoms with van der Waals surface area (Å²) in [6, 6.07) is 27.1. The van der Waals surface area contributed by atoms with E-state index in [0.29, 0.717) is 13.0 Å². The molecule has 3 aromatic rings. The number of ether oxygens (including phenoxy) is 1. The number of nitrogens with one attached hydrogen (secondary N) is 1. The summed E-state index contributed by atoms with van der Waals surface area (Å²) in [5.74, 6) is 0.0624. The van der Waals surface area contributed by atoms with Gasteiger partial charge in [-0.3, -0.25) is 4.79 Å². The highest BCUT2D eigenvalue weighted by Crippen LogP contribution is 2.19. The first kappa shape index (κ1) is 20.2. The molecule has 4 rings (SSSR count). The Kier molecular flexibility index (Phi) is 6.78. The van der Waals surface area contributed by atoms with Crippen LogP contribution in [0.3, 0.4) is 0 Å². The molecule has 0 aliphatic carbocycles. The van der Waals surface area contributed by atoms with E-state index in [2.05, 4.69) is 58.7 Å². The highest BCUT2D eigenvalue weighted by Gasteiger charge is 2.10. The lowest BCUT2D eigenvalue weighted by atomic mass is 10.0. The van der Waals surface area contributed by atoms with Gasteiger partial charge in [-0.15, -0.1) is 0 Å². The molecule has 0 atom stereocenters. The average molecular weight is 401 g/mol. The molecule has 30 heavy (non-hydrogen) atoms. The Morgan fingerprint density at radius 3 is 2.13 bits per heavy atom. The van der Waals surface area contributed by atoms with Crippen molar-refractivity contribution in [2.75, 3.05) is 37.7 Å². The molecule has 1 fully saturated rings. The maximum Gasteiger partial charge on any atom is 0.224 e. The largest absolute Gasteiger partial charge is 0.378 e. The zero-order valence-corrected chi connectivity index (χ0v) is 17.2. The van der Waals surface area contributed by atoms with Crippen molar-refractivity contribution in [2.24, 2.45) is 0 Å². The monoisotopic (exact) mass is 400 g/mol. The van der Waals surface area contributed by atoms with Gasteiger partial charge in [0.1, 0.15) is 0 Å². The predicted octanol–water partition coefficient (Wildman–Crippen LogP) is 4.09. The number of carbonyl (C=O) groups is 1. The molecular weight excluding hydrogens is 372 g/mol. The predicted molar refractivity (Wildman–Crippen MR) is 122 cm³/mol. The molecule has 1 aliphatic rings. The van der Waals surface area contributed by atoms with E-state index in [1.54, 1.807) is 0 Å². The number of nitrogens with zero attached hydrogens (tertiary/aromatic N) is 1. The highest BCUT2D eigenvalue weighted by molar-refractivity contribution is 5.78. The molecule has 0 bridgehead atoms. The standard InChI is InChI=1S/C26H28N2O2/c29-26(20-22-6-10-24(11-7-22)23-4-2-1-3-5-23)27-15-14-21-8-12-25(13-9-21)28-16-18-30-19-17-28/h1-13H,14-20H2,(H,27,29). The molecule has 4 nitrogen and oxygen atoms in total. The number of amides is 1. The van der Waals surface area contributed by atoms with Crippen molar-refractivity contribution in [3.8, 4) is 11.1 Å². The summed E-state index contributed by atoms with van der Waals surface area (Å²) in [5.41, 5.74) is 5.86. The van der Waals surface area contributed by atoms with Crippen LogP contribution in [0.4, 0.5) is 5.69 Å². The quantitative estimate of drug-likeness (QED) is 0.649. The van der Waals surface area contributed by atoms with Gasteiger partial charge < -0.3 is 15.0 Å². The van der Waals surface area contributed by atoms with E-state index >= 15 is 0 Å². The molecule has 1 amide bonds. The first-order valence-electron chi connectivity index (χ1n) is 10.6. The second kappa shape index (κ2) is 10.1. The van der Waals surface area contributed by atoms with E-state index in [0.717, 1.165) is 38.3 Å². The summed E-state index contributed by atoms with van der Waals surface area (Å²) in [5, 5.41) is 3.04. The van der Waals surface area contributed by atoms with Crippen molar-refractivity contribution in [2.45, 2.75) is 12.8 Å². The smallest absolute Gasteiger partial charge is 0.224 e. The summed E-state index contributed by atoms with van der Waals surface area (Å²) >= 11 is 0. The first-order valence-corrected chi connectivity index (χ1v) is 10.6. The third kappa shape index (κ3) is 5.49. The van der Waals surface area contributed by atoms with Crippen LogP contribution in [-0.4, -0.2) is 38.8 Å². The fraction of sp³-hybridized carbons (Fsp3) is 0.269. The number of hydrogen-bond donors (Lipinski definition) is 1. The Balaban J connectivity index is 1.22. The van der Waals surface area contributed by atoms with Crippen molar-refractivity contribution in [1.29, 1.82) is 0 Å².